The van der Waals surface area contributed by atoms with Crippen molar-refractivity contribution in [3.8, 4) is 0 Å². The highest BCUT2D eigenvalue weighted by Gasteiger charge is 2.52. The van der Waals surface area contributed by atoms with Crippen LogP contribution in [-0.4, -0.2) is 41.5 Å². The lowest BCUT2D eigenvalue weighted by Gasteiger charge is -2.32. The molecule has 5 nitrogen and oxygen atoms in total. The third-order valence-corrected chi connectivity index (χ3v) is 4.30. The van der Waals surface area contributed by atoms with Crippen LogP contribution < -0.4 is 5.46 Å². The SMILES string of the molecule is CN(Cc1ccccc1B1OC(C)(C)C(C)(C)O1)C(=O)O. The molecule has 0 aliphatic carbocycles. The van der Waals surface area contributed by atoms with E-state index in [2.05, 4.69) is 0 Å². The molecule has 6 heteroatoms. The number of benzene rings is 1. The van der Waals surface area contributed by atoms with Crippen LogP contribution in [0.5, 0.6) is 0 Å². The fourth-order valence-corrected chi connectivity index (χ4v) is 2.20. The minimum atomic E-state index is -0.960. The molecule has 1 aromatic carbocycles. The molecule has 1 heterocycles. The first-order valence-electron chi connectivity index (χ1n) is 7.01. The Morgan fingerprint density at radius 1 is 1.19 bits per heavy atom. The second-order valence-corrected chi connectivity index (χ2v) is 6.43. The van der Waals surface area contributed by atoms with Crippen molar-refractivity contribution in [2.75, 3.05) is 7.05 Å². The van der Waals surface area contributed by atoms with Gasteiger partial charge in [-0.2, -0.15) is 0 Å². The molecule has 0 saturated carbocycles. The van der Waals surface area contributed by atoms with Crippen LogP contribution in [0, 0.1) is 0 Å². The molecular formula is C15H22BNO4. The van der Waals surface area contributed by atoms with E-state index in [4.69, 9.17) is 14.4 Å². The Bertz CT molecular complexity index is 528. The highest BCUT2D eigenvalue weighted by Crippen LogP contribution is 2.36. The number of amides is 1. The molecule has 0 unspecified atom stereocenters. The molecule has 1 fully saturated rings. The third-order valence-electron chi connectivity index (χ3n) is 4.30. The first-order valence-corrected chi connectivity index (χ1v) is 7.01. The lowest BCUT2D eigenvalue weighted by molar-refractivity contribution is 0.00578. The quantitative estimate of drug-likeness (QED) is 0.866. The molecule has 0 spiro atoms. The summed E-state index contributed by atoms with van der Waals surface area (Å²) in [5, 5.41) is 9.03. The second-order valence-electron chi connectivity index (χ2n) is 6.43. The van der Waals surface area contributed by atoms with Gasteiger partial charge in [0, 0.05) is 13.6 Å². The number of nitrogens with zero attached hydrogens (tertiary/aromatic N) is 1. The van der Waals surface area contributed by atoms with Gasteiger partial charge in [-0.05, 0) is 38.7 Å². The second kappa shape index (κ2) is 5.35. The molecule has 0 bridgehead atoms. The van der Waals surface area contributed by atoms with Gasteiger partial charge in [0.05, 0.1) is 11.2 Å². The van der Waals surface area contributed by atoms with Crippen LogP contribution in [0.15, 0.2) is 24.3 Å². The minimum absolute atomic E-state index is 0.301. The fraction of sp³-hybridized carbons (Fsp3) is 0.533. The van der Waals surface area contributed by atoms with Gasteiger partial charge < -0.3 is 19.3 Å². The van der Waals surface area contributed by atoms with Crippen LogP contribution in [0.1, 0.15) is 33.3 Å². The van der Waals surface area contributed by atoms with Gasteiger partial charge >= 0.3 is 13.2 Å². The molecule has 1 amide bonds. The average molecular weight is 291 g/mol. The summed E-state index contributed by atoms with van der Waals surface area (Å²) < 4.78 is 12.1. The standard InChI is InChI=1S/C15H22BNO4/c1-14(2)15(3,4)21-16(20-14)12-9-7-6-8-11(12)10-17(5)13(18)19/h6-9H,10H2,1-5H3,(H,18,19). The zero-order chi connectivity index (χ0) is 15.8. The van der Waals surface area contributed by atoms with Gasteiger partial charge in [0.1, 0.15) is 0 Å². The fourth-order valence-electron chi connectivity index (χ4n) is 2.20. The summed E-state index contributed by atoms with van der Waals surface area (Å²) in [6, 6.07) is 7.62. The number of carbonyl (C=O) groups is 1. The van der Waals surface area contributed by atoms with Gasteiger partial charge in [-0.3, -0.25) is 0 Å². The number of hydrogen-bond acceptors (Lipinski definition) is 3. The largest absolute Gasteiger partial charge is 0.495 e. The lowest BCUT2D eigenvalue weighted by atomic mass is 9.76. The third kappa shape index (κ3) is 3.06. The van der Waals surface area contributed by atoms with Gasteiger partial charge in [0.25, 0.3) is 0 Å². The van der Waals surface area contributed by atoms with Crippen molar-refractivity contribution in [3.63, 3.8) is 0 Å². The summed E-state index contributed by atoms with van der Waals surface area (Å²) in [6.07, 6.45) is -0.960. The number of carboxylic acid groups (broad SMARTS) is 1. The van der Waals surface area contributed by atoms with Crippen molar-refractivity contribution in [1.29, 1.82) is 0 Å². The molecule has 21 heavy (non-hydrogen) atoms. The van der Waals surface area contributed by atoms with Gasteiger partial charge in [0.15, 0.2) is 0 Å². The summed E-state index contributed by atoms with van der Waals surface area (Å²) in [4.78, 5) is 12.2. The van der Waals surface area contributed by atoms with Crippen LogP contribution in [0.3, 0.4) is 0 Å². The Kier molecular flexibility index (Phi) is 4.04. The minimum Gasteiger partial charge on any atom is -0.465 e. The zero-order valence-corrected chi connectivity index (χ0v) is 13.2. The van der Waals surface area contributed by atoms with Crippen molar-refractivity contribution >= 4 is 18.7 Å². The predicted octanol–water partition coefficient (Wildman–Crippen LogP) is 2.10. The predicted molar refractivity (Wildman–Crippen MR) is 81.6 cm³/mol. The van der Waals surface area contributed by atoms with Crippen LogP contribution >= 0.6 is 0 Å². The number of hydrogen-bond donors (Lipinski definition) is 1. The Labute approximate surface area is 126 Å². The molecule has 1 saturated heterocycles. The van der Waals surface area contributed by atoms with E-state index in [1.54, 1.807) is 7.05 Å². The van der Waals surface area contributed by atoms with E-state index in [1.807, 2.05) is 52.0 Å². The van der Waals surface area contributed by atoms with Crippen molar-refractivity contribution in [2.45, 2.75) is 45.4 Å². The van der Waals surface area contributed by atoms with E-state index in [0.717, 1.165) is 11.0 Å². The van der Waals surface area contributed by atoms with E-state index in [0.29, 0.717) is 6.54 Å². The van der Waals surface area contributed by atoms with Crippen LogP contribution in [0.4, 0.5) is 4.79 Å². The van der Waals surface area contributed by atoms with Gasteiger partial charge in [-0.25, -0.2) is 4.79 Å². The Morgan fingerprint density at radius 2 is 1.71 bits per heavy atom. The van der Waals surface area contributed by atoms with Crippen LogP contribution in [0.25, 0.3) is 0 Å². The number of rotatable bonds is 3. The smallest absolute Gasteiger partial charge is 0.465 e. The topological polar surface area (TPSA) is 59.0 Å². The molecule has 1 aliphatic heterocycles. The van der Waals surface area contributed by atoms with E-state index < -0.39 is 24.4 Å². The Morgan fingerprint density at radius 3 is 2.24 bits per heavy atom. The lowest BCUT2D eigenvalue weighted by Crippen LogP contribution is -2.41. The molecule has 0 radical (unpaired) electrons. The van der Waals surface area contributed by atoms with Crippen molar-refractivity contribution in [2.24, 2.45) is 0 Å². The first kappa shape index (κ1) is 15.9. The van der Waals surface area contributed by atoms with E-state index in [1.165, 1.54) is 4.90 Å². The maximum atomic E-state index is 11.0. The summed E-state index contributed by atoms with van der Waals surface area (Å²) in [5.41, 5.74) is 0.942. The Balaban J connectivity index is 2.28. The van der Waals surface area contributed by atoms with E-state index in [-0.39, 0.29) is 0 Å². The summed E-state index contributed by atoms with van der Waals surface area (Å²) >= 11 is 0. The maximum Gasteiger partial charge on any atom is 0.495 e. The van der Waals surface area contributed by atoms with Crippen LogP contribution in [0.2, 0.25) is 0 Å². The van der Waals surface area contributed by atoms with Crippen molar-refractivity contribution in [1.82, 2.24) is 4.90 Å². The normalized spacial score (nSPS) is 19.6. The molecule has 0 atom stereocenters. The van der Waals surface area contributed by atoms with Crippen LogP contribution in [-0.2, 0) is 15.9 Å². The average Bonchev–Trinajstić information content (AvgIpc) is 2.58. The maximum absolute atomic E-state index is 11.0. The summed E-state index contributed by atoms with van der Waals surface area (Å²) in [5.74, 6) is 0. The van der Waals surface area contributed by atoms with Gasteiger partial charge in [-0.15, -0.1) is 0 Å². The molecule has 0 aromatic heterocycles. The Hall–Kier alpha value is -1.53. The highest BCUT2D eigenvalue weighted by molar-refractivity contribution is 6.62. The molecule has 1 aromatic rings. The summed E-state index contributed by atoms with van der Waals surface area (Å²) in [6.45, 7) is 8.30. The molecule has 114 valence electrons. The van der Waals surface area contributed by atoms with E-state index in [9.17, 15) is 4.79 Å². The molecular weight excluding hydrogens is 269 g/mol. The summed E-state index contributed by atoms with van der Waals surface area (Å²) in [7, 11) is 1.07. The monoisotopic (exact) mass is 291 g/mol. The highest BCUT2D eigenvalue weighted by atomic mass is 16.7. The molecule has 2 rings (SSSR count). The molecule has 1 aliphatic rings. The zero-order valence-electron chi connectivity index (χ0n) is 13.2. The van der Waals surface area contributed by atoms with Crippen molar-refractivity contribution in [3.05, 3.63) is 29.8 Å². The van der Waals surface area contributed by atoms with E-state index >= 15 is 0 Å². The molecule has 1 N–H and O–H groups in total. The first-order chi connectivity index (χ1) is 9.64. The van der Waals surface area contributed by atoms with Crippen molar-refractivity contribution < 1.29 is 19.2 Å². The van der Waals surface area contributed by atoms with Gasteiger partial charge in [-0.1, -0.05) is 24.3 Å². The van der Waals surface area contributed by atoms with Gasteiger partial charge in [0.2, 0.25) is 0 Å².